The summed E-state index contributed by atoms with van der Waals surface area (Å²) in [5, 5.41) is 0. The Hall–Kier alpha value is -0.520. The van der Waals surface area contributed by atoms with E-state index in [1.165, 1.54) is 0 Å². The summed E-state index contributed by atoms with van der Waals surface area (Å²) >= 11 is 0. The van der Waals surface area contributed by atoms with Gasteiger partial charge in [0, 0.05) is 0 Å². The average molecular weight is 126 g/mol. The molecular weight excluding hydrogens is 116 g/mol. The zero-order chi connectivity index (χ0) is 6.85. The second kappa shape index (κ2) is 2.38. The molecule has 2 heteroatoms. The smallest absolute Gasteiger partial charge is 0.222 e. The molecule has 0 aromatic heterocycles. The fraction of sp³-hybridized carbons (Fsp3) is 0.714. The summed E-state index contributed by atoms with van der Waals surface area (Å²) in [5.74, 6) is 2.38. The van der Waals surface area contributed by atoms with Gasteiger partial charge in [-0.15, -0.1) is 6.42 Å². The van der Waals surface area contributed by atoms with E-state index in [-0.39, 0.29) is 12.2 Å². The van der Waals surface area contributed by atoms with Gasteiger partial charge in [0.1, 0.15) is 0 Å². The Morgan fingerprint density at radius 2 is 1.67 bits per heavy atom. The molecule has 0 amide bonds. The number of hydrogen-bond acceptors (Lipinski definition) is 2. The molecule has 0 aliphatic carbocycles. The van der Waals surface area contributed by atoms with Crippen molar-refractivity contribution >= 4 is 0 Å². The van der Waals surface area contributed by atoms with Gasteiger partial charge in [-0.05, 0) is 19.8 Å². The first-order valence-corrected chi connectivity index (χ1v) is 3.01. The molecule has 50 valence electrons. The molecule has 0 N–H and O–H groups in total. The summed E-state index contributed by atoms with van der Waals surface area (Å²) in [5.41, 5.74) is 0. The molecule has 0 spiro atoms. The Kier molecular flexibility index (Phi) is 1.75. The third-order valence-corrected chi connectivity index (χ3v) is 1.47. The highest BCUT2D eigenvalue weighted by Crippen LogP contribution is 2.16. The maximum Gasteiger partial charge on any atom is 0.222 e. The maximum atomic E-state index is 5.16. The highest BCUT2D eigenvalue weighted by Gasteiger charge is 2.27. The van der Waals surface area contributed by atoms with Gasteiger partial charge in [0.2, 0.25) is 6.29 Å². The van der Waals surface area contributed by atoms with Crippen LogP contribution >= 0.6 is 0 Å². The minimum Gasteiger partial charge on any atom is -0.336 e. The molecule has 9 heavy (non-hydrogen) atoms. The third kappa shape index (κ3) is 1.24. The molecule has 1 saturated heterocycles. The van der Waals surface area contributed by atoms with Gasteiger partial charge in [0.15, 0.2) is 0 Å². The average Bonchev–Trinajstić information content (AvgIpc) is 2.13. The Morgan fingerprint density at radius 1 is 1.22 bits per heavy atom. The predicted octanol–water partition coefficient (Wildman–Crippen LogP) is 0.769. The Morgan fingerprint density at radius 3 is 1.89 bits per heavy atom. The van der Waals surface area contributed by atoms with E-state index in [0.29, 0.717) is 0 Å². The lowest BCUT2D eigenvalue weighted by molar-refractivity contribution is -0.0166. The summed E-state index contributed by atoms with van der Waals surface area (Å²) in [4.78, 5) is 0. The van der Waals surface area contributed by atoms with Crippen LogP contribution in [0.3, 0.4) is 0 Å². The van der Waals surface area contributed by atoms with Gasteiger partial charge in [-0.2, -0.15) is 0 Å². The maximum absolute atomic E-state index is 5.16. The van der Waals surface area contributed by atoms with Crippen molar-refractivity contribution in [2.45, 2.75) is 32.3 Å². The summed E-state index contributed by atoms with van der Waals surface area (Å²) in [6.45, 7) is 3.89. The first-order valence-electron chi connectivity index (χ1n) is 3.01. The van der Waals surface area contributed by atoms with Crippen molar-refractivity contribution in [3.8, 4) is 12.3 Å². The highest BCUT2D eigenvalue weighted by atomic mass is 16.7. The molecule has 1 fully saturated rings. The monoisotopic (exact) mass is 126 g/mol. The van der Waals surface area contributed by atoms with Gasteiger partial charge in [-0.25, -0.2) is 0 Å². The summed E-state index contributed by atoms with van der Waals surface area (Å²) in [6, 6.07) is 0. The molecule has 1 rings (SSSR count). The lowest BCUT2D eigenvalue weighted by atomic mass is 10.3. The van der Waals surface area contributed by atoms with Gasteiger partial charge >= 0.3 is 0 Å². The zero-order valence-electron chi connectivity index (χ0n) is 5.63. The van der Waals surface area contributed by atoms with Crippen LogP contribution in [0.5, 0.6) is 0 Å². The molecule has 0 aromatic carbocycles. The molecule has 0 unspecified atom stereocenters. The van der Waals surface area contributed by atoms with Crippen molar-refractivity contribution in [2.75, 3.05) is 0 Å². The fourth-order valence-corrected chi connectivity index (χ4v) is 0.722. The zero-order valence-corrected chi connectivity index (χ0v) is 5.63. The molecule has 2 atom stereocenters. The van der Waals surface area contributed by atoms with E-state index < -0.39 is 6.29 Å². The van der Waals surface area contributed by atoms with Crippen LogP contribution in [0.1, 0.15) is 13.8 Å². The van der Waals surface area contributed by atoms with E-state index >= 15 is 0 Å². The van der Waals surface area contributed by atoms with Crippen molar-refractivity contribution in [1.29, 1.82) is 0 Å². The summed E-state index contributed by atoms with van der Waals surface area (Å²) < 4.78 is 10.3. The van der Waals surface area contributed by atoms with E-state index in [9.17, 15) is 0 Å². The van der Waals surface area contributed by atoms with Crippen molar-refractivity contribution < 1.29 is 9.47 Å². The van der Waals surface area contributed by atoms with Crippen LogP contribution in [0, 0.1) is 12.3 Å². The van der Waals surface area contributed by atoms with Crippen molar-refractivity contribution in [3.63, 3.8) is 0 Å². The predicted molar refractivity (Wildman–Crippen MR) is 33.7 cm³/mol. The van der Waals surface area contributed by atoms with Crippen LogP contribution in [0.15, 0.2) is 0 Å². The number of hydrogen-bond donors (Lipinski definition) is 0. The molecule has 1 aliphatic heterocycles. The van der Waals surface area contributed by atoms with Gasteiger partial charge in [0.25, 0.3) is 0 Å². The lowest BCUT2D eigenvalue weighted by Crippen LogP contribution is -2.13. The number of ether oxygens (including phenoxy) is 2. The molecule has 0 bridgehead atoms. The summed E-state index contributed by atoms with van der Waals surface area (Å²) in [7, 11) is 0. The van der Waals surface area contributed by atoms with Crippen LogP contribution in [0.2, 0.25) is 0 Å². The van der Waals surface area contributed by atoms with E-state index in [4.69, 9.17) is 15.9 Å². The summed E-state index contributed by atoms with van der Waals surface area (Å²) in [6.07, 6.45) is 4.90. The fourth-order valence-electron chi connectivity index (χ4n) is 0.722. The normalized spacial score (nSPS) is 36.6. The molecule has 0 aromatic rings. The van der Waals surface area contributed by atoms with Gasteiger partial charge in [0.05, 0.1) is 12.2 Å². The number of terminal acetylenes is 1. The van der Waals surface area contributed by atoms with Crippen molar-refractivity contribution in [3.05, 3.63) is 0 Å². The molecule has 0 saturated carbocycles. The standard InChI is InChI=1S/C7H10O2/c1-4-7-8-5(2)6(3)9-7/h1,5-7H,2-3H3/t5-,6-/m1/s1. The molecule has 0 radical (unpaired) electrons. The SMILES string of the molecule is C#CC1O[C@H](C)[C@@H](C)O1. The van der Waals surface area contributed by atoms with Gasteiger partial charge in [-0.3, -0.25) is 0 Å². The van der Waals surface area contributed by atoms with E-state index in [2.05, 4.69) is 5.92 Å². The second-order valence-electron chi connectivity index (χ2n) is 2.18. The topological polar surface area (TPSA) is 18.5 Å². The van der Waals surface area contributed by atoms with Crippen LogP contribution < -0.4 is 0 Å². The molecule has 1 aliphatic rings. The van der Waals surface area contributed by atoms with Crippen LogP contribution in [0.4, 0.5) is 0 Å². The first-order chi connectivity index (χ1) is 4.24. The van der Waals surface area contributed by atoms with E-state index in [1.807, 2.05) is 13.8 Å². The quantitative estimate of drug-likeness (QED) is 0.446. The Labute approximate surface area is 55.1 Å². The highest BCUT2D eigenvalue weighted by molar-refractivity contribution is 4.93. The van der Waals surface area contributed by atoms with E-state index in [1.54, 1.807) is 0 Å². The minimum atomic E-state index is -0.421. The largest absolute Gasteiger partial charge is 0.336 e. The second-order valence-corrected chi connectivity index (χ2v) is 2.18. The minimum absolute atomic E-state index is 0.131. The van der Waals surface area contributed by atoms with Crippen molar-refractivity contribution in [1.82, 2.24) is 0 Å². The van der Waals surface area contributed by atoms with Gasteiger partial charge in [-0.1, -0.05) is 0 Å². The Balaban J connectivity index is 2.46. The lowest BCUT2D eigenvalue weighted by Gasteiger charge is -2.01. The molecular formula is C7H10O2. The molecule has 1 heterocycles. The van der Waals surface area contributed by atoms with Crippen LogP contribution in [-0.2, 0) is 9.47 Å². The van der Waals surface area contributed by atoms with Gasteiger partial charge < -0.3 is 9.47 Å². The van der Waals surface area contributed by atoms with Crippen molar-refractivity contribution in [2.24, 2.45) is 0 Å². The Bertz CT molecular complexity index is 126. The third-order valence-electron chi connectivity index (χ3n) is 1.47. The number of rotatable bonds is 0. The van der Waals surface area contributed by atoms with Crippen LogP contribution in [-0.4, -0.2) is 18.5 Å². The van der Waals surface area contributed by atoms with E-state index in [0.717, 1.165) is 0 Å². The molecule has 2 nitrogen and oxygen atoms in total. The van der Waals surface area contributed by atoms with Crippen LogP contribution in [0.25, 0.3) is 0 Å². The first kappa shape index (κ1) is 6.60.